The lowest BCUT2D eigenvalue weighted by Crippen LogP contribution is -2.50. The van der Waals surface area contributed by atoms with Crippen LogP contribution in [0.1, 0.15) is 22.3 Å². The first kappa shape index (κ1) is 17.0. The van der Waals surface area contributed by atoms with Gasteiger partial charge in [-0.3, -0.25) is 9.78 Å². The number of aryl methyl sites for hydroxylation is 1. The summed E-state index contributed by atoms with van der Waals surface area (Å²) in [5.41, 5.74) is 0.277. The molecule has 2 aromatic rings. The molecule has 0 aliphatic carbocycles. The maximum absolute atomic E-state index is 12.7. The second-order valence-electron chi connectivity index (χ2n) is 5.36. The van der Waals surface area contributed by atoms with Crippen LogP contribution in [0.2, 0.25) is 0 Å². The van der Waals surface area contributed by atoms with Crippen molar-refractivity contribution in [3.05, 3.63) is 41.3 Å². The molecule has 0 radical (unpaired) electrons. The summed E-state index contributed by atoms with van der Waals surface area (Å²) in [7, 11) is -3.48. The zero-order chi connectivity index (χ0) is 17.2. The quantitative estimate of drug-likeness (QED) is 0.813. The van der Waals surface area contributed by atoms with Gasteiger partial charge in [-0.1, -0.05) is 6.92 Å². The lowest BCUT2D eigenvalue weighted by Gasteiger charge is -2.33. The first-order chi connectivity index (χ1) is 11.5. The number of piperazine rings is 1. The van der Waals surface area contributed by atoms with Gasteiger partial charge in [-0.2, -0.15) is 4.31 Å². The van der Waals surface area contributed by atoms with Crippen molar-refractivity contribution in [3.63, 3.8) is 0 Å². The summed E-state index contributed by atoms with van der Waals surface area (Å²) in [5.74, 6) is -0.218. The molecule has 128 valence electrons. The predicted molar refractivity (Wildman–Crippen MR) is 90.4 cm³/mol. The van der Waals surface area contributed by atoms with Crippen LogP contribution in [0.3, 0.4) is 0 Å². The third-order valence-electron chi connectivity index (χ3n) is 3.89. The molecule has 3 heterocycles. The Morgan fingerprint density at radius 3 is 2.54 bits per heavy atom. The fourth-order valence-electron chi connectivity index (χ4n) is 2.52. The molecule has 0 spiro atoms. The van der Waals surface area contributed by atoms with Gasteiger partial charge >= 0.3 is 0 Å². The number of carbonyl (C=O) groups excluding carboxylic acids is 1. The third kappa shape index (κ3) is 3.33. The summed E-state index contributed by atoms with van der Waals surface area (Å²) < 4.78 is 27.2. The van der Waals surface area contributed by atoms with Crippen molar-refractivity contribution < 1.29 is 13.2 Å². The number of carbonyl (C=O) groups is 1. The van der Waals surface area contributed by atoms with E-state index in [2.05, 4.69) is 9.97 Å². The highest BCUT2D eigenvalue weighted by molar-refractivity contribution is 7.91. The standard InChI is InChI=1S/C15H18N4O3S2/c1-2-12-3-4-14(23-12)24(21,22)19-9-7-18(8-10-19)15(20)13-11-16-5-6-17-13/h3-6,11H,2,7-10H2,1H3. The summed E-state index contributed by atoms with van der Waals surface area (Å²) in [6.07, 6.45) is 5.22. The van der Waals surface area contributed by atoms with Crippen molar-refractivity contribution in [3.8, 4) is 0 Å². The first-order valence-electron chi connectivity index (χ1n) is 7.66. The molecule has 0 bridgehead atoms. The molecule has 0 unspecified atom stereocenters. The Morgan fingerprint density at radius 2 is 1.96 bits per heavy atom. The fourth-order valence-corrected chi connectivity index (χ4v) is 5.39. The summed E-state index contributed by atoms with van der Waals surface area (Å²) >= 11 is 1.31. The molecule has 0 atom stereocenters. The van der Waals surface area contributed by atoms with Gasteiger partial charge in [0.1, 0.15) is 9.90 Å². The average molecular weight is 366 g/mol. The van der Waals surface area contributed by atoms with Crippen molar-refractivity contribution in [2.75, 3.05) is 26.2 Å². The van der Waals surface area contributed by atoms with Gasteiger partial charge < -0.3 is 4.90 Å². The molecule has 2 aromatic heterocycles. The number of nitrogens with zero attached hydrogens (tertiary/aromatic N) is 4. The highest BCUT2D eigenvalue weighted by Gasteiger charge is 2.31. The van der Waals surface area contributed by atoms with E-state index < -0.39 is 10.0 Å². The zero-order valence-corrected chi connectivity index (χ0v) is 14.9. The third-order valence-corrected chi connectivity index (χ3v) is 7.48. The highest BCUT2D eigenvalue weighted by Crippen LogP contribution is 2.26. The number of hydrogen-bond donors (Lipinski definition) is 0. The summed E-state index contributed by atoms with van der Waals surface area (Å²) in [5, 5.41) is 0. The first-order valence-corrected chi connectivity index (χ1v) is 9.92. The largest absolute Gasteiger partial charge is 0.335 e. The van der Waals surface area contributed by atoms with E-state index in [0.29, 0.717) is 17.3 Å². The molecule has 1 amide bonds. The monoisotopic (exact) mass is 366 g/mol. The van der Waals surface area contributed by atoms with Crippen LogP contribution in [-0.4, -0.2) is 59.7 Å². The molecule has 0 N–H and O–H groups in total. The van der Waals surface area contributed by atoms with Crippen LogP contribution >= 0.6 is 11.3 Å². The maximum atomic E-state index is 12.7. The second-order valence-corrected chi connectivity index (χ2v) is 8.69. The molecule has 1 aliphatic rings. The molecule has 0 saturated carbocycles. The summed E-state index contributed by atoms with van der Waals surface area (Å²) in [6.45, 7) is 3.27. The van der Waals surface area contributed by atoms with Gasteiger partial charge in [0.2, 0.25) is 0 Å². The van der Waals surface area contributed by atoms with Crippen molar-refractivity contribution in [1.82, 2.24) is 19.2 Å². The maximum Gasteiger partial charge on any atom is 0.274 e. The number of sulfonamides is 1. The van der Waals surface area contributed by atoms with Gasteiger partial charge in [-0.15, -0.1) is 11.3 Å². The van der Waals surface area contributed by atoms with Crippen molar-refractivity contribution in [1.29, 1.82) is 0 Å². The van der Waals surface area contributed by atoms with E-state index >= 15 is 0 Å². The number of rotatable bonds is 4. The number of amides is 1. The van der Waals surface area contributed by atoms with Gasteiger partial charge in [-0.05, 0) is 18.6 Å². The molecule has 3 rings (SSSR count). The van der Waals surface area contributed by atoms with Gasteiger partial charge in [-0.25, -0.2) is 13.4 Å². The van der Waals surface area contributed by atoms with E-state index in [4.69, 9.17) is 0 Å². The van der Waals surface area contributed by atoms with E-state index in [1.165, 1.54) is 34.2 Å². The van der Waals surface area contributed by atoms with E-state index in [9.17, 15) is 13.2 Å². The minimum atomic E-state index is -3.48. The summed E-state index contributed by atoms with van der Waals surface area (Å²) in [4.78, 5) is 22.9. The molecule has 1 saturated heterocycles. The predicted octanol–water partition coefficient (Wildman–Crippen LogP) is 1.25. The van der Waals surface area contributed by atoms with Crippen molar-refractivity contribution >= 4 is 27.3 Å². The van der Waals surface area contributed by atoms with Crippen LogP contribution in [0.4, 0.5) is 0 Å². The van der Waals surface area contributed by atoms with Crippen LogP contribution < -0.4 is 0 Å². The van der Waals surface area contributed by atoms with Crippen LogP contribution in [0, 0.1) is 0 Å². The topological polar surface area (TPSA) is 83.5 Å². The molecule has 0 aromatic carbocycles. The van der Waals surface area contributed by atoms with Crippen LogP contribution in [0.25, 0.3) is 0 Å². The van der Waals surface area contributed by atoms with Gasteiger partial charge in [0.25, 0.3) is 15.9 Å². The lowest BCUT2D eigenvalue weighted by atomic mass is 10.3. The average Bonchev–Trinajstić information content (AvgIpc) is 3.12. The number of aromatic nitrogens is 2. The number of thiophene rings is 1. The van der Waals surface area contributed by atoms with E-state index in [1.54, 1.807) is 11.0 Å². The molecule has 24 heavy (non-hydrogen) atoms. The molecule has 7 nitrogen and oxygen atoms in total. The minimum Gasteiger partial charge on any atom is -0.335 e. The van der Waals surface area contributed by atoms with Gasteiger partial charge in [0, 0.05) is 43.4 Å². The van der Waals surface area contributed by atoms with Crippen LogP contribution in [0.5, 0.6) is 0 Å². The molecule has 1 fully saturated rings. The zero-order valence-electron chi connectivity index (χ0n) is 13.3. The Bertz CT molecular complexity index is 812. The molecular weight excluding hydrogens is 348 g/mol. The SMILES string of the molecule is CCc1ccc(S(=O)(=O)N2CCN(C(=O)c3cnccn3)CC2)s1. The lowest BCUT2D eigenvalue weighted by molar-refractivity contribution is 0.0691. The molecule has 1 aliphatic heterocycles. The highest BCUT2D eigenvalue weighted by atomic mass is 32.2. The Hall–Kier alpha value is -1.84. The van der Waals surface area contributed by atoms with E-state index in [1.807, 2.05) is 13.0 Å². The Labute approximate surface area is 145 Å². The van der Waals surface area contributed by atoms with Gasteiger partial charge in [0.05, 0.1) is 6.20 Å². The molecule has 9 heteroatoms. The molecular formula is C15H18N4O3S2. The van der Waals surface area contributed by atoms with Crippen LogP contribution in [0.15, 0.2) is 34.9 Å². The van der Waals surface area contributed by atoms with E-state index in [0.717, 1.165) is 11.3 Å². The fraction of sp³-hybridized carbons (Fsp3) is 0.400. The minimum absolute atomic E-state index is 0.218. The van der Waals surface area contributed by atoms with Gasteiger partial charge in [0.15, 0.2) is 0 Å². The summed E-state index contributed by atoms with van der Waals surface area (Å²) in [6, 6.07) is 3.52. The Balaban J connectivity index is 1.67. The van der Waals surface area contributed by atoms with Crippen molar-refractivity contribution in [2.24, 2.45) is 0 Å². The van der Waals surface area contributed by atoms with Crippen molar-refractivity contribution in [2.45, 2.75) is 17.6 Å². The Kier molecular flexibility index (Phi) is 4.93. The van der Waals surface area contributed by atoms with Crippen LogP contribution in [-0.2, 0) is 16.4 Å². The van der Waals surface area contributed by atoms with E-state index in [-0.39, 0.29) is 24.7 Å². The normalized spacial score (nSPS) is 16.3. The number of hydrogen-bond acceptors (Lipinski definition) is 6. The second kappa shape index (κ2) is 6.96. The Morgan fingerprint density at radius 1 is 1.21 bits per heavy atom. The smallest absolute Gasteiger partial charge is 0.274 e.